The zero-order chi connectivity index (χ0) is 51.0. The lowest BCUT2D eigenvalue weighted by Crippen LogP contribution is -2.16. The highest BCUT2D eigenvalue weighted by Crippen LogP contribution is 2.33. The van der Waals surface area contributed by atoms with Crippen LogP contribution in [0.1, 0.15) is 211 Å². The molecule has 6 rings (SSSR count). The molecule has 0 aliphatic heterocycles. The van der Waals surface area contributed by atoms with Crippen LogP contribution in [0.5, 0.6) is 0 Å². The Morgan fingerprint density at radius 1 is 0.523 bits per heavy atom. The quantitative estimate of drug-likeness (QED) is 0.150. The van der Waals surface area contributed by atoms with Crippen LogP contribution in [0.4, 0.5) is 0 Å². The molecule has 0 spiro atoms. The second-order valence-corrected chi connectivity index (χ2v) is 27.3. The topological polar surface area (TPSA) is 95.4 Å². The molecule has 6 aromatic rings. The van der Waals surface area contributed by atoms with Gasteiger partial charge in [-0.3, -0.25) is 4.68 Å². The molecule has 0 aliphatic rings. The van der Waals surface area contributed by atoms with Crippen LogP contribution in [0.25, 0.3) is 0 Å². The van der Waals surface area contributed by atoms with Crippen LogP contribution in [0.3, 0.4) is 0 Å². The van der Waals surface area contributed by atoms with Gasteiger partial charge in [-0.15, -0.1) is 22.7 Å². The van der Waals surface area contributed by atoms with E-state index in [0.29, 0.717) is 0 Å². The Morgan fingerprint density at radius 3 is 1.22 bits per heavy atom. The van der Waals surface area contributed by atoms with Gasteiger partial charge in [-0.2, -0.15) is 13.8 Å². The van der Waals surface area contributed by atoms with Crippen molar-refractivity contribution in [1.82, 2.24) is 33.7 Å². The van der Waals surface area contributed by atoms with Crippen molar-refractivity contribution in [1.29, 1.82) is 0 Å². The Morgan fingerprint density at radius 2 is 1.03 bits per heavy atom. The molecule has 0 amide bonds. The molecule has 0 unspecified atom stereocenters. The third kappa shape index (κ3) is 18.9. The first kappa shape index (κ1) is 60.0. The average molecular weight is 969 g/mol. The Balaban J connectivity index is 0.000000390. The fourth-order valence-corrected chi connectivity index (χ4v) is 11.4. The highest BCUT2D eigenvalue weighted by atomic mass is 32.1. The van der Waals surface area contributed by atoms with Crippen LogP contribution in [-0.4, -0.2) is 33.7 Å². The van der Waals surface area contributed by atoms with E-state index in [1.54, 1.807) is 34.4 Å². The SMILES string of the molecule is Cc1cc(C(C)(C)C)n(C)n1.Cc1nc(C)c(C(C)(C)C)s1.Cc1noc(C)c1C(C)(C)C.Cc1nsc(C(C)(C)C)c1C.Cc1nsc(C)c1C(C)(C)C.Cc1scnc1C(C)(C)C. The van der Waals surface area contributed by atoms with Crippen molar-refractivity contribution in [3.05, 3.63) is 98.4 Å². The summed E-state index contributed by atoms with van der Waals surface area (Å²) < 4.78 is 15.7. The van der Waals surface area contributed by atoms with E-state index in [1.165, 1.54) is 69.7 Å². The van der Waals surface area contributed by atoms with Crippen LogP contribution in [0.2, 0.25) is 0 Å². The van der Waals surface area contributed by atoms with Gasteiger partial charge in [-0.25, -0.2) is 9.97 Å². The van der Waals surface area contributed by atoms with Crippen LogP contribution < -0.4 is 0 Å². The number of aromatic nitrogens is 7. The lowest BCUT2D eigenvalue weighted by Gasteiger charge is -2.18. The van der Waals surface area contributed by atoms with Gasteiger partial charge in [0.1, 0.15) is 5.76 Å². The summed E-state index contributed by atoms with van der Waals surface area (Å²) in [4.78, 5) is 14.2. The fraction of sp³-hybridized carbons (Fsp3) is 0.660. The van der Waals surface area contributed by atoms with E-state index >= 15 is 0 Å². The van der Waals surface area contributed by atoms with Crippen LogP contribution >= 0.6 is 45.7 Å². The summed E-state index contributed by atoms with van der Waals surface area (Å²) in [6.07, 6.45) is 0. The van der Waals surface area contributed by atoms with Crippen molar-refractivity contribution in [2.75, 3.05) is 0 Å². The van der Waals surface area contributed by atoms with Crippen molar-refractivity contribution in [3.8, 4) is 0 Å². The number of thiazole rings is 2. The van der Waals surface area contributed by atoms with Gasteiger partial charge >= 0.3 is 0 Å². The van der Waals surface area contributed by atoms with Crippen molar-refractivity contribution >= 4 is 45.7 Å². The summed E-state index contributed by atoms with van der Waals surface area (Å²) in [5, 5.41) is 9.38. The van der Waals surface area contributed by atoms with Crippen molar-refractivity contribution < 1.29 is 4.52 Å². The molecule has 0 radical (unpaired) electrons. The smallest absolute Gasteiger partial charge is 0.137 e. The molecule has 6 heterocycles. The molecular weight excluding hydrogens is 879 g/mol. The Hall–Kier alpha value is -3.06. The highest BCUT2D eigenvalue weighted by Gasteiger charge is 2.24. The zero-order valence-corrected chi connectivity index (χ0v) is 49.6. The average Bonchev–Trinajstić information content (AvgIpc) is 3.96. The monoisotopic (exact) mass is 968 g/mol. The number of hydrogen-bond acceptors (Lipinski definition) is 11. The van der Waals surface area contributed by atoms with Crippen molar-refractivity contribution in [3.63, 3.8) is 0 Å². The van der Waals surface area contributed by atoms with Gasteiger partial charge in [0.25, 0.3) is 0 Å². The number of aryl methyl sites for hydroxylation is 10. The Labute approximate surface area is 413 Å². The highest BCUT2D eigenvalue weighted by molar-refractivity contribution is 7.11. The van der Waals surface area contributed by atoms with Crippen molar-refractivity contribution in [2.45, 2.75) is 226 Å². The van der Waals surface area contributed by atoms with E-state index in [2.05, 4.69) is 208 Å². The maximum atomic E-state index is 5.07. The van der Waals surface area contributed by atoms with Gasteiger partial charge < -0.3 is 4.52 Å². The zero-order valence-electron chi connectivity index (χ0n) is 46.3. The minimum absolute atomic E-state index is 0.147. The summed E-state index contributed by atoms with van der Waals surface area (Å²) in [5.74, 6) is 0.940. The first-order valence-electron chi connectivity index (χ1n) is 22.8. The standard InChI is InChI=1S/C9H16N2.C9H15NO.3C9H15NS.C8H13NS/c1-7-6-8(9(2,3)4)11(5)10-7;1-6-8(9(3,4)5)7(2)11-10-6;1-6-8(9(3,4)5)11-7(2)10-6;1-6-8(9(3,4)5)7(2)11-10-6;1-6-7(2)10-11-8(6)9(3,4)5;1-6-7(8(2,3)4)9-5-10-6/h6H,1-5H3;4*1-5H3;5H,1-4H3. The summed E-state index contributed by atoms with van der Waals surface area (Å²) >= 11 is 6.77. The van der Waals surface area contributed by atoms with Gasteiger partial charge in [0, 0.05) is 48.6 Å². The summed E-state index contributed by atoms with van der Waals surface area (Å²) in [6, 6.07) is 2.14. The molecule has 0 bridgehead atoms. The largest absolute Gasteiger partial charge is 0.361 e. The molecule has 0 N–H and O–H groups in total. The molecule has 6 aromatic heterocycles. The minimum atomic E-state index is 0.147. The van der Waals surface area contributed by atoms with E-state index in [1.807, 2.05) is 49.3 Å². The number of rotatable bonds is 0. The van der Waals surface area contributed by atoms with Gasteiger partial charge in [-0.05, 0) is 131 Å². The molecule has 65 heavy (non-hydrogen) atoms. The predicted molar refractivity (Wildman–Crippen MR) is 288 cm³/mol. The van der Waals surface area contributed by atoms with Crippen LogP contribution in [-0.2, 0) is 39.5 Å². The molecule has 366 valence electrons. The second-order valence-electron chi connectivity index (χ2n) is 23.3. The van der Waals surface area contributed by atoms with Crippen LogP contribution in [0.15, 0.2) is 16.1 Å². The van der Waals surface area contributed by atoms with Gasteiger partial charge in [-0.1, -0.05) is 130 Å². The summed E-state index contributed by atoms with van der Waals surface area (Å²) in [7, 11) is 1.99. The molecule has 8 nitrogen and oxygen atoms in total. The third-order valence-electron chi connectivity index (χ3n) is 10.2. The molecule has 0 atom stereocenters. The molecule has 0 fully saturated rings. The molecule has 0 saturated carbocycles. The first-order chi connectivity index (χ1) is 29.1. The van der Waals surface area contributed by atoms with E-state index in [4.69, 9.17) is 4.52 Å². The van der Waals surface area contributed by atoms with Gasteiger partial charge in [0.15, 0.2) is 0 Å². The van der Waals surface area contributed by atoms with E-state index in [0.717, 1.165) is 17.1 Å². The second kappa shape index (κ2) is 23.3. The van der Waals surface area contributed by atoms with Gasteiger partial charge in [0.05, 0.1) is 44.7 Å². The minimum Gasteiger partial charge on any atom is -0.361 e. The molecule has 0 aromatic carbocycles. The third-order valence-corrected chi connectivity index (χ3v) is 14.8. The lowest BCUT2D eigenvalue weighted by atomic mass is 9.86. The number of nitrogens with zero attached hydrogens (tertiary/aromatic N) is 7. The summed E-state index contributed by atoms with van der Waals surface area (Å²) in [5.41, 5.74) is 15.5. The predicted octanol–water partition coefficient (Wildman–Crippen LogP) is 16.5. The van der Waals surface area contributed by atoms with Crippen LogP contribution in [0, 0.1) is 69.2 Å². The Bertz CT molecular complexity index is 2190. The van der Waals surface area contributed by atoms with Crippen molar-refractivity contribution in [2.24, 2.45) is 7.05 Å². The van der Waals surface area contributed by atoms with E-state index in [9.17, 15) is 0 Å². The lowest BCUT2D eigenvalue weighted by molar-refractivity contribution is 0.389. The maximum absolute atomic E-state index is 5.07. The fourth-order valence-electron chi connectivity index (χ4n) is 7.79. The van der Waals surface area contributed by atoms with E-state index in [-0.39, 0.29) is 32.5 Å². The van der Waals surface area contributed by atoms with Gasteiger partial charge in [0.2, 0.25) is 0 Å². The van der Waals surface area contributed by atoms with E-state index < -0.39 is 0 Å². The summed E-state index contributed by atoms with van der Waals surface area (Å²) in [6.45, 7) is 60.4. The number of hydrogen-bond donors (Lipinski definition) is 0. The normalized spacial score (nSPS) is 12.1. The Kier molecular flexibility index (Phi) is 21.5. The molecule has 12 heteroatoms. The first-order valence-corrected chi connectivity index (χ1v) is 26.0. The molecule has 0 aliphatic carbocycles. The maximum Gasteiger partial charge on any atom is 0.137 e. The molecule has 0 saturated heterocycles. The molecular formula is C53H89N7OS4.